The zero-order valence-electron chi connectivity index (χ0n) is 16.6. The van der Waals surface area contributed by atoms with Crippen LogP contribution in [0.4, 0.5) is 0 Å². The van der Waals surface area contributed by atoms with Gasteiger partial charge in [0.15, 0.2) is 0 Å². The number of amides is 1. The van der Waals surface area contributed by atoms with Gasteiger partial charge in [0.1, 0.15) is 0 Å². The summed E-state index contributed by atoms with van der Waals surface area (Å²) in [6, 6.07) is 0. The van der Waals surface area contributed by atoms with Crippen LogP contribution in [-0.4, -0.2) is 48.3 Å². The second kappa shape index (κ2) is 9.91. The van der Waals surface area contributed by atoms with Gasteiger partial charge in [0.2, 0.25) is 5.91 Å². The molecule has 0 saturated carbocycles. The Morgan fingerprint density at radius 3 is 2.65 bits per heavy atom. The first-order valence-corrected chi connectivity index (χ1v) is 10.5. The number of hydrogen-bond donors (Lipinski definition) is 1. The molecule has 2 aliphatic heterocycles. The number of nitrogens with zero attached hydrogens (tertiary/aromatic N) is 2. The fourth-order valence-corrected chi connectivity index (χ4v) is 5.17. The molecule has 2 aliphatic rings. The van der Waals surface area contributed by atoms with E-state index in [1.807, 2.05) is 12.2 Å². The maximum atomic E-state index is 11.6. The predicted molar refractivity (Wildman–Crippen MR) is 113 cm³/mol. The zero-order valence-corrected chi connectivity index (χ0v) is 17.4. The van der Waals surface area contributed by atoms with Gasteiger partial charge in [-0.2, -0.15) is 0 Å². The molecule has 26 heavy (non-hydrogen) atoms. The lowest BCUT2D eigenvalue weighted by Gasteiger charge is -2.38. The monoisotopic (exact) mass is 375 g/mol. The van der Waals surface area contributed by atoms with E-state index in [1.54, 1.807) is 7.05 Å². The van der Waals surface area contributed by atoms with Gasteiger partial charge in [0.25, 0.3) is 0 Å². The molecule has 144 valence electrons. The van der Waals surface area contributed by atoms with Crippen LogP contribution in [0.15, 0.2) is 47.2 Å². The molecule has 0 spiro atoms. The van der Waals surface area contributed by atoms with Crippen LogP contribution >= 0.6 is 11.8 Å². The lowest BCUT2D eigenvalue weighted by molar-refractivity contribution is -0.116. The average molecular weight is 376 g/mol. The number of carbonyl (C=O) groups is 1. The molecule has 5 heteroatoms. The normalized spacial score (nSPS) is 22.1. The highest BCUT2D eigenvalue weighted by molar-refractivity contribution is 8.03. The fraction of sp³-hybridized carbons (Fsp3) is 0.571. The van der Waals surface area contributed by atoms with Crippen LogP contribution in [0.2, 0.25) is 0 Å². The molecule has 1 atom stereocenters. The number of hydrogen-bond acceptors (Lipinski definition) is 4. The zero-order chi connectivity index (χ0) is 19.1. The van der Waals surface area contributed by atoms with Gasteiger partial charge in [-0.3, -0.25) is 4.79 Å². The van der Waals surface area contributed by atoms with Gasteiger partial charge in [0, 0.05) is 49.6 Å². The molecule has 0 radical (unpaired) electrons. The van der Waals surface area contributed by atoms with Crippen molar-refractivity contribution in [2.45, 2.75) is 44.9 Å². The Morgan fingerprint density at radius 1 is 1.38 bits per heavy atom. The highest BCUT2D eigenvalue weighted by Crippen LogP contribution is 2.41. The molecule has 2 heterocycles. The number of rotatable bonds is 7. The van der Waals surface area contributed by atoms with Crippen molar-refractivity contribution >= 4 is 17.7 Å². The quantitative estimate of drug-likeness (QED) is 0.537. The molecule has 1 saturated heterocycles. The van der Waals surface area contributed by atoms with Gasteiger partial charge >= 0.3 is 0 Å². The maximum absolute atomic E-state index is 11.6. The van der Waals surface area contributed by atoms with Crippen LogP contribution in [-0.2, 0) is 4.79 Å². The fourth-order valence-electron chi connectivity index (χ4n) is 3.62. The number of allylic oxidation sites excluding steroid dienone is 3. The molecule has 2 rings (SSSR count). The van der Waals surface area contributed by atoms with E-state index in [-0.39, 0.29) is 5.91 Å². The molecule has 1 unspecified atom stereocenters. The summed E-state index contributed by atoms with van der Waals surface area (Å²) in [6.07, 6.45) is 13.1. The Bertz CT molecular complexity index is 600. The van der Waals surface area contributed by atoms with Gasteiger partial charge < -0.3 is 15.1 Å². The van der Waals surface area contributed by atoms with Gasteiger partial charge in [-0.05, 0) is 44.3 Å². The van der Waals surface area contributed by atoms with Crippen LogP contribution in [0.1, 0.15) is 39.5 Å². The van der Waals surface area contributed by atoms with E-state index in [0.29, 0.717) is 10.9 Å². The van der Waals surface area contributed by atoms with Crippen LogP contribution < -0.4 is 5.32 Å². The first-order valence-electron chi connectivity index (χ1n) is 9.59. The SMILES string of the molecule is C=C(/C=C\C(=C/C)N1CCC(C2SC(CCC)=CN2C)CC1)C(=O)NC. The molecular formula is C21H33N3OS. The van der Waals surface area contributed by atoms with Crippen LogP contribution in [0, 0.1) is 5.92 Å². The minimum atomic E-state index is -0.132. The third-order valence-electron chi connectivity index (χ3n) is 5.10. The highest BCUT2D eigenvalue weighted by Gasteiger charge is 2.32. The van der Waals surface area contributed by atoms with E-state index >= 15 is 0 Å². The Morgan fingerprint density at radius 2 is 2.08 bits per heavy atom. The molecule has 1 fully saturated rings. The molecule has 1 N–H and O–H groups in total. The van der Waals surface area contributed by atoms with Crippen molar-refractivity contribution in [1.82, 2.24) is 15.1 Å². The number of carbonyl (C=O) groups excluding carboxylic acids is 1. The van der Waals surface area contributed by atoms with E-state index < -0.39 is 0 Å². The van der Waals surface area contributed by atoms with Crippen molar-refractivity contribution in [3.05, 3.63) is 47.2 Å². The Hall–Kier alpha value is -1.62. The highest BCUT2D eigenvalue weighted by atomic mass is 32.2. The van der Waals surface area contributed by atoms with Crippen molar-refractivity contribution in [1.29, 1.82) is 0 Å². The number of likely N-dealkylation sites (tertiary alicyclic amines) is 1. The van der Waals surface area contributed by atoms with Crippen molar-refractivity contribution in [2.75, 3.05) is 27.2 Å². The van der Waals surface area contributed by atoms with Crippen LogP contribution in [0.3, 0.4) is 0 Å². The van der Waals surface area contributed by atoms with E-state index in [4.69, 9.17) is 0 Å². The second-order valence-electron chi connectivity index (χ2n) is 7.00. The summed E-state index contributed by atoms with van der Waals surface area (Å²) in [5, 5.41) is 3.20. The van der Waals surface area contributed by atoms with Crippen LogP contribution in [0.25, 0.3) is 0 Å². The Kier molecular flexibility index (Phi) is 7.88. The van der Waals surface area contributed by atoms with Crippen molar-refractivity contribution in [2.24, 2.45) is 5.92 Å². The lowest BCUT2D eigenvalue weighted by atomic mass is 9.95. The van der Waals surface area contributed by atoms with E-state index in [1.165, 1.54) is 36.3 Å². The first-order chi connectivity index (χ1) is 12.5. The number of nitrogens with one attached hydrogen (secondary N) is 1. The minimum absolute atomic E-state index is 0.132. The number of likely N-dealkylation sites (N-methyl/N-ethyl adjacent to an activating group) is 1. The molecule has 0 aromatic rings. The maximum Gasteiger partial charge on any atom is 0.250 e. The van der Waals surface area contributed by atoms with Gasteiger partial charge in [-0.1, -0.05) is 26.0 Å². The summed E-state index contributed by atoms with van der Waals surface area (Å²) in [4.78, 5) is 17.9. The van der Waals surface area contributed by atoms with Crippen molar-refractivity contribution < 1.29 is 4.79 Å². The molecule has 0 aliphatic carbocycles. The third-order valence-corrected chi connectivity index (χ3v) is 6.67. The second-order valence-corrected chi connectivity index (χ2v) is 8.24. The Labute approximate surface area is 163 Å². The summed E-state index contributed by atoms with van der Waals surface area (Å²) >= 11 is 2.07. The minimum Gasteiger partial charge on any atom is -0.372 e. The van der Waals surface area contributed by atoms with Gasteiger partial charge in [-0.25, -0.2) is 0 Å². The van der Waals surface area contributed by atoms with E-state index in [0.717, 1.165) is 19.0 Å². The summed E-state index contributed by atoms with van der Waals surface area (Å²) < 4.78 is 0. The summed E-state index contributed by atoms with van der Waals surface area (Å²) in [5.74, 6) is 0.599. The van der Waals surface area contributed by atoms with Crippen molar-refractivity contribution in [3.63, 3.8) is 0 Å². The van der Waals surface area contributed by atoms with Crippen molar-refractivity contribution in [3.8, 4) is 0 Å². The largest absolute Gasteiger partial charge is 0.372 e. The average Bonchev–Trinajstić information content (AvgIpc) is 3.02. The standard InChI is InChI=1S/C21H33N3OS/c1-6-8-19-15-23(5)21(26-19)17-11-13-24(14-12-17)18(7-2)10-9-16(3)20(25)22-4/h7,9-10,15,17,21H,3,6,8,11-14H2,1-2,4-5H3,(H,22,25)/b10-9-,18-7+. The van der Waals surface area contributed by atoms with E-state index in [2.05, 4.69) is 66.6 Å². The van der Waals surface area contributed by atoms with Gasteiger partial charge in [0.05, 0.1) is 5.37 Å². The Balaban J connectivity index is 1.88. The predicted octanol–water partition coefficient (Wildman–Crippen LogP) is 4.11. The summed E-state index contributed by atoms with van der Waals surface area (Å²) in [5.41, 5.74) is 1.66. The molecule has 0 aromatic carbocycles. The first kappa shape index (κ1) is 20.7. The molecule has 1 amide bonds. The lowest BCUT2D eigenvalue weighted by Crippen LogP contribution is -2.39. The smallest absolute Gasteiger partial charge is 0.250 e. The summed E-state index contributed by atoms with van der Waals surface area (Å²) in [7, 11) is 3.85. The van der Waals surface area contributed by atoms with Crippen LogP contribution in [0.5, 0.6) is 0 Å². The number of piperidine rings is 1. The van der Waals surface area contributed by atoms with Gasteiger partial charge in [-0.15, -0.1) is 11.8 Å². The molecule has 0 bridgehead atoms. The molecule has 0 aromatic heterocycles. The molecule has 4 nitrogen and oxygen atoms in total. The number of thioether (sulfide) groups is 1. The third kappa shape index (κ3) is 5.19. The topological polar surface area (TPSA) is 35.6 Å². The summed E-state index contributed by atoms with van der Waals surface area (Å²) in [6.45, 7) is 10.2. The van der Waals surface area contributed by atoms with E-state index in [9.17, 15) is 4.79 Å². The molecular weight excluding hydrogens is 342 g/mol.